The Morgan fingerprint density at radius 1 is 1.31 bits per heavy atom. The number of hydrogen-bond donors (Lipinski definition) is 2. The quantitative estimate of drug-likeness (QED) is 0.558. The highest BCUT2D eigenvalue weighted by Crippen LogP contribution is 2.46. The number of ether oxygens (including phenoxy) is 3. The van der Waals surface area contributed by atoms with Gasteiger partial charge in [-0.1, -0.05) is 23.7 Å². The molecule has 0 saturated heterocycles. The van der Waals surface area contributed by atoms with E-state index in [0.29, 0.717) is 40.7 Å². The van der Waals surface area contributed by atoms with Gasteiger partial charge in [-0.05, 0) is 49.2 Å². The van der Waals surface area contributed by atoms with Crippen LogP contribution in [-0.4, -0.2) is 16.8 Å². The SMILES string of the molecule is CCOc1cc([C@@H]2C(C#N)=C(N)Oc3n[nH]c(C)c32)cc(Cl)c1OCc1cccc(F)c1. The minimum Gasteiger partial charge on any atom is -0.490 e. The van der Waals surface area contributed by atoms with Crippen LogP contribution >= 0.6 is 11.6 Å². The Morgan fingerprint density at radius 3 is 2.84 bits per heavy atom. The second-order valence-electron chi connectivity index (χ2n) is 7.17. The Hall–Kier alpha value is -3.70. The summed E-state index contributed by atoms with van der Waals surface area (Å²) < 4.78 is 30.7. The van der Waals surface area contributed by atoms with Crippen molar-refractivity contribution in [1.29, 1.82) is 5.26 Å². The lowest BCUT2D eigenvalue weighted by Crippen LogP contribution is -2.21. The van der Waals surface area contributed by atoms with Crippen molar-refractivity contribution < 1.29 is 18.6 Å². The second-order valence-corrected chi connectivity index (χ2v) is 7.58. The highest BCUT2D eigenvalue weighted by Gasteiger charge is 2.35. The second kappa shape index (κ2) is 8.81. The molecule has 0 aliphatic carbocycles. The van der Waals surface area contributed by atoms with E-state index in [-0.39, 0.29) is 28.9 Å². The number of fused-ring (bicyclic) bond motifs is 1. The third-order valence-corrected chi connectivity index (χ3v) is 5.35. The molecule has 32 heavy (non-hydrogen) atoms. The number of rotatable bonds is 6. The largest absolute Gasteiger partial charge is 0.490 e. The highest BCUT2D eigenvalue weighted by atomic mass is 35.5. The van der Waals surface area contributed by atoms with Crippen molar-refractivity contribution in [2.24, 2.45) is 5.73 Å². The Balaban J connectivity index is 1.76. The molecular weight excluding hydrogens is 435 g/mol. The fourth-order valence-electron chi connectivity index (χ4n) is 3.67. The number of nitriles is 1. The number of nitrogens with one attached hydrogen (secondary N) is 1. The van der Waals surface area contributed by atoms with E-state index in [0.717, 1.165) is 5.69 Å². The molecule has 1 aliphatic heterocycles. The van der Waals surface area contributed by atoms with Gasteiger partial charge in [0, 0.05) is 11.3 Å². The van der Waals surface area contributed by atoms with Gasteiger partial charge >= 0.3 is 0 Å². The number of nitrogens with zero attached hydrogens (tertiary/aromatic N) is 2. The van der Waals surface area contributed by atoms with Crippen molar-refractivity contribution in [2.45, 2.75) is 26.4 Å². The molecule has 0 bridgehead atoms. The van der Waals surface area contributed by atoms with Gasteiger partial charge in [-0.3, -0.25) is 5.10 Å². The van der Waals surface area contributed by atoms with Gasteiger partial charge in [0.05, 0.1) is 17.5 Å². The normalized spacial score (nSPS) is 15.0. The average molecular weight is 455 g/mol. The molecule has 2 aromatic carbocycles. The van der Waals surface area contributed by atoms with E-state index >= 15 is 0 Å². The van der Waals surface area contributed by atoms with Crippen LogP contribution in [-0.2, 0) is 6.61 Å². The van der Waals surface area contributed by atoms with Crippen LogP contribution in [0, 0.1) is 24.1 Å². The molecular formula is C23H20ClFN4O3. The molecule has 0 spiro atoms. The minimum atomic E-state index is -0.545. The van der Waals surface area contributed by atoms with E-state index < -0.39 is 5.92 Å². The van der Waals surface area contributed by atoms with Crippen molar-refractivity contribution in [3.8, 4) is 23.4 Å². The number of H-pyrrole nitrogens is 1. The lowest BCUT2D eigenvalue weighted by Gasteiger charge is -2.25. The Labute approximate surface area is 189 Å². The zero-order chi connectivity index (χ0) is 22.8. The van der Waals surface area contributed by atoms with Crippen molar-refractivity contribution in [3.63, 3.8) is 0 Å². The zero-order valence-corrected chi connectivity index (χ0v) is 18.2. The maximum Gasteiger partial charge on any atom is 0.244 e. The van der Waals surface area contributed by atoms with Gasteiger partial charge in [0.15, 0.2) is 11.5 Å². The van der Waals surface area contributed by atoms with Crippen LogP contribution in [0.3, 0.4) is 0 Å². The van der Waals surface area contributed by atoms with Crippen LogP contribution < -0.4 is 19.9 Å². The van der Waals surface area contributed by atoms with Crippen molar-refractivity contribution in [3.05, 3.63) is 81.1 Å². The van der Waals surface area contributed by atoms with Gasteiger partial charge in [-0.15, -0.1) is 5.10 Å². The molecule has 2 heterocycles. The number of aromatic amines is 1. The van der Waals surface area contributed by atoms with E-state index in [4.69, 9.17) is 31.5 Å². The summed E-state index contributed by atoms with van der Waals surface area (Å²) >= 11 is 6.59. The van der Waals surface area contributed by atoms with Gasteiger partial charge < -0.3 is 19.9 Å². The fraction of sp³-hybridized carbons (Fsp3) is 0.217. The highest BCUT2D eigenvalue weighted by molar-refractivity contribution is 6.32. The number of halogens is 2. The molecule has 0 amide bonds. The first-order valence-electron chi connectivity index (χ1n) is 9.88. The first-order valence-corrected chi connectivity index (χ1v) is 10.3. The van der Waals surface area contributed by atoms with Gasteiger partial charge in [-0.25, -0.2) is 4.39 Å². The summed E-state index contributed by atoms with van der Waals surface area (Å²) in [5, 5.41) is 17.0. The number of allylic oxidation sites excluding steroid dienone is 1. The average Bonchev–Trinajstić information content (AvgIpc) is 3.12. The summed E-state index contributed by atoms with van der Waals surface area (Å²) in [6, 6.07) is 11.7. The summed E-state index contributed by atoms with van der Waals surface area (Å²) in [7, 11) is 0. The van der Waals surface area contributed by atoms with Crippen molar-refractivity contribution >= 4 is 11.6 Å². The van der Waals surface area contributed by atoms with Crippen LogP contribution in [0.4, 0.5) is 4.39 Å². The summed E-state index contributed by atoms with van der Waals surface area (Å²) in [5.74, 6) is 0.124. The molecule has 164 valence electrons. The van der Waals surface area contributed by atoms with E-state index in [1.165, 1.54) is 12.1 Å². The smallest absolute Gasteiger partial charge is 0.244 e. The third-order valence-electron chi connectivity index (χ3n) is 5.07. The summed E-state index contributed by atoms with van der Waals surface area (Å²) in [6.45, 7) is 4.14. The molecule has 9 heteroatoms. The van der Waals surface area contributed by atoms with E-state index in [2.05, 4.69) is 16.3 Å². The van der Waals surface area contributed by atoms with E-state index in [1.807, 2.05) is 13.8 Å². The van der Waals surface area contributed by atoms with E-state index in [1.54, 1.807) is 24.3 Å². The van der Waals surface area contributed by atoms with Crippen molar-refractivity contribution in [2.75, 3.05) is 6.61 Å². The lowest BCUT2D eigenvalue weighted by molar-refractivity contribution is 0.269. The maximum absolute atomic E-state index is 13.5. The Bertz CT molecular complexity index is 1250. The lowest BCUT2D eigenvalue weighted by atomic mass is 9.84. The molecule has 1 atom stereocenters. The number of hydrogen-bond acceptors (Lipinski definition) is 6. The molecule has 0 saturated carbocycles. The molecule has 0 unspecified atom stereocenters. The molecule has 4 rings (SSSR count). The molecule has 3 aromatic rings. The maximum atomic E-state index is 13.5. The molecule has 1 aromatic heterocycles. The third kappa shape index (κ3) is 3.95. The molecule has 1 aliphatic rings. The van der Waals surface area contributed by atoms with Gasteiger partial charge in [-0.2, -0.15) is 5.26 Å². The number of nitrogens with two attached hydrogens (primary N) is 1. The van der Waals surface area contributed by atoms with Gasteiger partial charge in [0.1, 0.15) is 24.1 Å². The van der Waals surface area contributed by atoms with Gasteiger partial charge in [0.2, 0.25) is 11.8 Å². The minimum absolute atomic E-state index is 0.0167. The zero-order valence-electron chi connectivity index (χ0n) is 17.4. The standard InChI is InChI=1S/C23H20ClFN4O3/c1-3-30-18-9-14(8-17(24)21(18)31-11-13-5-4-6-15(25)7-13)20-16(10-26)22(27)32-23-19(20)12(2)28-29-23/h4-9,20H,3,11,27H2,1-2H3,(H,28,29)/t20-/m1/s1. The molecule has 0 fully saturated rings. The molecule has 3 N–H and O–H groups in total. The van der Waals surface area contributed by atoms with Crippen LogP contribution in [0.2, 0.25) is 5.02 Å². The molecule has 0 radical (unpaired) electrons. The topological polar surface area (TPSA) is 106 Å². The monoisotopic (exact) mass is 454 g/mol. The summed E-state index contributed by atoms with van der Waals surface area (Å²) in [5.41, 5.74) is 9.00. The predicted molar refractivity (Wildman–Crippen MR) is 116 cm³/mol. The number of benzene rings is 2. The first kappa shape index (κ1) is 21.5. The van der Waals surface area contributed by atoms with Crippen LogP contribution in [0.1, 0.15) is 35.2 Å². The number of aromatic nitrogens is 2. The Kier molecular flexibility index (Phi) is 5.93. The van der Waals surface area contributed by atoms with Crippen LogP contribution in [0.5, 0.6) is 17.4 Å². The summed E-state index contributed by atoms with van der Waals surface area (Å²) in [4.78, 5) is 0. The van der Waals surface area contributed by atoms with E-state index in [9.17, 15) is 9.65 Å². The predicted octanol–water partition coefficient (Wildman–Crippen LogP) is 4.71. The van der Waals surface area contributed by atoms with Crippen molar-refractivity contribution in [1.82, 2.24) is 10.2 Å². The van der Waals surface area contributed by atoms with Crippen LogP contribution in [0.15, 0.2) is 47.9 Å². The Morgan fingerprint density at radius 2 is 2.12 bits per heavy atom. The summed E-state index contributed by atoms with van der Waals surface area (Å²) in [6.07, 6.45) is 0. The first-order chi connectivity index (χ1) is 15.4. The van der Waals surface area contributed by atoms with Crippen LogP contribution in [0.25, 0.3) is 0 Å². The number of aryl methyl sites for hydroxylation is 1. The molecule has 7 nitrogen and oxygen atoms in total. The fourth-order valence-corrected chi connectivity index (χ4v) is 3.95. The van der Waals surface area contributed by atoms with Gasteiger partial charge in [0.25, 0.3) is 0 Å².